The third-order valence-corrected chi connectivity index (χ3v) is 1.41. The Morgan fingerprint density at radius 3 is 2.46 bits per heavy atom. The molecule has 0 saturated carbocycles. The number of anilines is 2. The van der Waals surface area contributed by atoms with Gasteiger partial charge in [0.15, 0.2) is 0 Å². The molecule has 1 rings (SSSR count). The summed E-state index contributed by atoms with van der Waals surface area (Å²) in [7, 11) is 0. The standard InChI is InChI=1S/C7H8F3N3/c8-7(9,10)2-4-1-5(11)3-13-6(4)12/h1,3H,2,11H2,(H2,12,13). The van der Waals surface area contributed by atoms with E-state index in [1.54, 1.807) is 0 Å². The molecular formula is C7H8F3N3. The van der Waals surface area contributed by atoms with Crippen molar-refractivity contribution >= 4 is 11.5 Å². The Bertz CT molecular complexity index is 308. The molecule has 0 fully saturated rings. The Balaban J connectivity index is 2.94. The molecule has 0 aliphatic rings. The summed E-state index contributed by atoms with van der Waals surface area (Å²) in [5.41, 5.74) is 10.6. The first-order valence-electron chi connectivity index (χ1n) is 3.45. The lowest BCUT2D eigenvalue weighted by Gasteiger charge is -2.08. The predicted octanol–water partition coefficient (Wildman–Crippen LogP) is 1.35. The number of pyridine rings is 1. The van der Waals surface area contributed by atoms with Gasteiger partial charge in [-0.1, -0.05) is 0 Å². The smallest absolute Gasteiger partial charge is 0.393 e. The SMILES string of the molecule is Nc1cnc(N)c(CC(F)(F)F)c1. The van der Waals surface area contributed by atoms with Crippen LogP contribution in [0.5, 0.6) is 0 Å². The lowest BCUT2D eigenvalue weighted by Crippen LogP contribution is -2.14. The number of aromatic nitrogens is 1. The van der Waals surface area contributed by atoms with Gasteiger partial charge in [-0.15, -0.1) is 0 Å². The van der Waals surface area contributed by atoms with Crippen molar-refractivity contribution in [3.8, 4) is 0 Å². The van der Waals surface area contributed by atoms with Crippen molar-refractivity contribution in [1.82, 2.24) is 4.98 Å². The zero-order valence-electron chi connectivity index (χ0n) is 6.60. The fraction of sp³-hybridized carbons (Fsp3) is 0.286. The Morgan fingerprint density at radius 1 is 1.31 bits per heavy atom. The van der Waals surface area contributed by atoms with Crippen LogP contribution in [0.3, 0.4) is 0 Å². The van der Waals surface area contributed by atoms with Gasteiger partial charge in [-0.3, -0.25) is 0 Å². The molecule has 1 aromatic heterocycles. The monoisotopic (exact) mass is 191 g/mol. The first kappa shape index (κ1) is 9.63. The van der Waals surface area contributed by atoms with Crippen molar-refractivity contribution in [2.45, 2.75) is 12.6 Å². The second-order valence-corrected chi connectivity index (χ2v) is 2.60. The van der Waals surface area contributed by atoms with Gasteiger partial charge in [0.05, 0.1) is 18.3 Å². The van der Waals surface area contributed by atoms with Crippen LogP contribution in [0, 0.1) is 0 Å². The molecule has 0 aromatic carbocycles. The predicted molar refractivity (Wildman–Crippen MR) is 42.8 cm³/mol. The first-order valence-corrected chi connectivity index (χ1v) is 3.45. The number of hydrogen-bond acceptors (Lipinski definition) is 3. The third-order valence-electron chi connectivity index (χ3n) is 1.41. The van der Waals surface area contributed by atoms with Crippen molar-refractivity contribution in [2.75, 3.05) is 11.5 Å². The van der Waals surface area contributed by atoms with Crippen molar-refractivity contribution in [3.05, 3.63) is 17.8 Å². The van der Waals surface area contributed by atoms with Crippen molar-refractivity contribution in [2.24, 2.45) is 0 Å². The molecule has 0 bridgehead atoms. The minimum Gasteiger partial charge on any atom is -0.397 e. The van der Waals surface area contributed by atoms with Crippen LogP contribution >= 0.6 is 0 Å². The van der Waals surface area contributed by atoms with E-state index in [4.69, 9.17) is 11.5 Å². The highest BCUT2D eigenvalue weighted by Gasteiger charge is 2.28. The highest BCUT2D eigenvalue weighted by atomic mass is 19.4. The van der Waals surface area contributed by atoms with E-state index in [0.717, 1.165) is 0 Å². The van der Waals surface area contributed by atoms with Gasteiger partial charge in [0.25, 0.3) is 0 Å². The number of nitrogens with zero attached hydrogens (tertiary/aromatic N) is 1. The second-order valence-electron chi connectivity index (χ2n) is 2.60. The fourth-order valence-corrected chi connectivity index (χ4v) is 0.897. The van der Waals surface area contributed by atoms with Crippen LogP contribution in [0.25, 0.3) is 0 Å². The van der Waals surface area contributed by atoms with Crippen LogP contribution in [-0.4, -0.2) is 11.2 Å². The number of alkyl halides is 3. The molecule has 1 aromatic rings. The molecule has 0 atom stereocenters. The van der Waals surface area contributed by atoms with E-state index in [1.807, 2.05) is 0 Å². The summed E-state index contributed by atoms with van der Waals surface area (Å²) < 4.78 is 35.8. The molecule has 72 valence electrons. The maximum atomic E-state index is 11.9. The quantitative estimate of drug-likeness (QED) is 0.704. The van der Waals surface area contributed by atoms with Gasteiger partial charge in [-0.05, 0) is 6.07 Å². The Kier molecular flexibility index (Phi) is 2.31. The van der Waals surface area contributed by atoms with Crippen LogP contribution in [0.2, 0.25) is 0 Å². The maximum Gasteiger partial charge on any atom is 0.393 e. The number of rotatable bonds is 1. The minimum absolute atomic E-state index is 0.0903. The zero-order valence-corrected chi connectivity index (χ0v) is 6.60. The zero-order chi connectivity index (χ0) is 10.1. The van der Waals surface area contributed by atoms with Gasteiger partial charge in [0.1, 0.15) is 5.82 Å². The van der Waals surface area contributed by atoms with Gasteiger partial charge in [-0.2, -0.15) is 13.2 Å². The summed E-state index contributed by atoms with van der Waals surface area (Å²) >= 11 is 0. The molecule has 4 N–H and O–H groups in total. The summed E-state index contributed by atoms with van der Waals surface area (Å²) in [5, 5.41) is 0. The van der Waals surface area contributed by atoms with Gasteiger partial charge >= 0.3 is 6.18 Å². The lowest BCUT2D eigenvalue weighted by atomic mass is 10.2. The summed E-state index contributed by atoms with van der Waals surface area (Å²) in [4.78, 5) is 3.52. The number of hydrogen-bond donors (Lipinski definition) is 2. The highest BCUT2D eigenvalue weighted by Crippen LogP contribution is 2.24. The van der Waals surface area contributed by atoms with E-state index in [2.05, 4.69) is 4.98 Å². The largest absolute Gasteiger partial charge is 0.397 e. The molecule has 6 heteroatoms. The molecule has 0 amide bonds. The third kappa shape index (κ3) is 2.81. The van der Waals surface area contributed by atoms with Crippen LogP contribution < -0.4 is 11.5 Å². The number of halogens is 3. The van der Waals surface area contributed by atoms with E-state index in [0.29, 0.717) is 0 Å². The van der Waals surface area contributed by atoms with Crippen LogP contribution in [0.1, 0.15) is 5.56 Å². The molecule has 13 heavy (non-hydrogen) atoms. The molecule has 0 unspecified atom stereocenters. The topological polar surface area (TPSA) is 64.9 Å². The van der Waals surface area contributed by atoms with Crippen LogP contribution in [0.15, 0.2) is 12.3 Å². The van der Waals surface area contributed by atoms with Crippen LogP contribution in [0.4, 0.5) is 24.7 Å². The molecule has 1 heterocycles. The maximum absolute atomic E-state index is 11.9. The lowest BCUT2D eigenvalue weighted by molar-refractivity contribution is -0.127. The molecule has 3 nitrogen and oxygen atoms in total. The molecule has 0 radical (unpaired) electrons. The summed E-state index contributed by atoms with van der Waals surface area (Å²) in [6.07, 6.45) is -4.17. The molecule has 0 aliphatic carbocycles. The summed E-state index contributed by atoms with van der Waals surface area (Å²) in [6.45, 7) is 0. The van der Waals surface area contributed by atoms with E-state index in [9.17, 15) is 13.2 Å². The van der Waals surface area contributed by atoms with Gasteiger partial charge in [0, 0.05) is 5.56 Å². The molecule has 0 spiro atoms. The van der Waals surface area contributed by atoms with Crippen LogP contribution in [-0.2, 0) is 6.42 Å². The number of nitrogen functional groups attached to an aromatic ring is 2. The average molecular weight is 191 g/mol. The van der Waals surface area contributed by atoms with Gasteiger partial charge in [-0.25, -0.2) is 4.98 Å². The van der Waals surface area contributed by atoms with Gasteiger partial charge in [0.2, 0.25) is 0 Å². The Labute approximate surface area is 72.6 Å². The normalized spacial score (nSPS) is 11.6. The van der Waals surface area contributed by atoms with E-state index in [1.165, 1.54) is 12.3 Å². The van der Waals surface area contributed by atoms with Crippen molar-refractivity contribution in [1.29, 1.82) is 0 Å². The average Bonchev–Trinajstić information content (AvgIpc) is 1.94. The number of nitrogens with two attached hydrogens (primary N) is 2. The first-order chi connectivity index (χ1) is 5.88. The fourth-order valence-electron chi connectivity index (χ4n) is 0.897. The summed E-state index contributed by atoms with van der Waals surface area (Å²) in [5.74, 6) is -0.133. The second kappa shape index (κ2) is 3.12. The van der Waals surface area contributed by atoms with E-state index < -0.39 is 12.6 Å². The molecule has 0 aliphatic heterocycles. The molecular weight excluding hydrogens is 183 g/mol. The highest BCUT2D eigenvalue weighted by molar-refractivity contribution is 5.48. The summed E-state index contributed by atoms with van der Waals surface area (Å²) in [6, 6.07) is 1.18. The van der Waals surface area contributed by atoms with Gasteiger partial charge < -0.3 is 11.5 Å². The molecule has 0 saturated heterocycles. The van der Waals surface area contributed by atoms with E-state index in [-0.39, 0.29) is 17.1 Å². The Morgan fingerprint density at radius 2 is 1.92 bits per heavy atom. The Hall–Kier alpha value is -1.46. The van der Waals surface area contributed by atoms with Crippen molar-refractivity contribution in [3.63, 3.8) is 0 Å². The minimum atomic E-state index is -4.29. The van der Waals surface area contributed by atoms with Crippen molar-refractivity contribution < 1.29 is 13.2 Å². The van der Waals surface area contributed by atoms with E-state index >= 15 is 0 Å².